The molecule has 0 saturated carbocycles. The van der Waals surface area contributed by atoms with E-state index >= 15 is 0 Å². The van der Waals surface area contributed by atoms with Crippen LogP contribution in [0.25, 0.3) is 0 Å². The van der Waals surface area contributed by atoms with Crippen LogP contribution in [0.3, 0.4) is 0 Å². The molecular formula is C13H24. The van der Waals surface area contributed by atoms with Crippen molar-refractivity contribution in [3.8, 4) is 0 Å². The summed E-state index contributed by atoms with van der Waals surface area (Å²) in [6.07, 6.45) is 20.5. The fraction of sp³-hybridized carbons (Fsp3) is 0.846. The van der Waals surface area contributed by atoms with Gasteiger partial charge in [-0.1, -0.05) is 57.1 Å². The molecule has 1 aliphatic carbocycles. The second-order valence-corrected chi connectivity index (χ2v) is 4.23. The number of rotatable bonds is 0. The van der Waals surface area contributed by atoms with Crippen molar-refractivity contribution in [1.29, 1.82) is 0 Å². The first-order valence-electron chi connectivity index (χ1n) is 6.15. The predicted molar refractivity (Wildman–Crippen MR) is 59.9 cm³/mol. The minimum atomic E-state index is 1.32. The lowest BCUT2D eigenvalue weighted by molar-refractivity contribution is 0.564. The Bertz CT molecular complexity index is 110. The molecule has 0 heterocycles. The smallest absolute Gasteiger partial charge is 0.0351 e. The van der Waals surface area contributed by atoms with E-state index < -0.39 is 0 Å². The van der Waals surface area contributed by atoms with Crippen LogP contribution < -0.4 is 0 Å². The average Bonchev–Trinajstić information content (AvgIpc) is 2.18. The maximum atomic E-state index is 2.39. The summed E-state index contributed by atoms with van der Waals surface area (Å²) in [6, 6.07) is 0. The third kappa shape index (κ3) is 6.86. The third-order valence-corrected chi connectivity index (χ3v) is 2.91. The van der Waals surface area contributed by atoms with Crippen molar-refractivity contribution in [2.45, 2.75) is 70.6 Å². The van der Waals surface area contributed by atoms with Crippen LogP contribution in [0.2, 0.25) is 0 Å². The van der Waals surface area contributed by atoms with Gasteiger partial charge in [0, 0.05) is 0 Å². The van der Waals surface area contributed by atoms with Crippen LogP contribution in [0, 0.1) is 0 Å². The van der Waals surface area contributed by atoms with Gasteiger partial charge in [-0.15, -0.1) is 0 Å². The molecule has 0 nitrogen and oxygen atoms in total. The zero-order valence-corrected chi connectivity index (χ0v) is 8.93. The van der Waals surface area contributed by atoms with Crippen molar-refractivity contribution in [3.63, 3.8) is 0 Å². The zero-order valence-electron chi connectivity index (χ0n) is 8.93. The summed E-state index contributed by atoms with van der Waals surface area (Å²) in [6.45, 7) is 0. The van der Waals surface area contributed by atoms with Gasteiger partial charge in [-0.2, -0.15) is 0 Å². The Morgan fingerprint density at radius 3 is 1.08 bits per heavy atom. The highest BCUT2D eigenvalue weighted by molar-refractivity contribution is 4.81. The fourth-order valence-corrected chi connectivity index (χ4v) is 2.00. The molecule has 0 N–H and O–H groups in total. The van der Waals surface area contributed by atoms with Crippen LogP contribution in [0.5, 0.6) is 0 Å². The Labute approximate surface area is 83.4 Å². The molecule has 0 spiro atoms. The lowest BCUT2D eigenvalue weighted by Crippen LogP contribution is -1.80. The minimum absolute atomic E-state index is 1.32. The first kappa shape index (κ1) is 10.8. The summed E-state index contributed by atoms with van der Waals surface area (Å²) in [7, 11) is 0. The van der Waals surface area contributed by atoms with Crippen molar-refractivity contribution < 1.29 is 0 Å². The van der Waals surface area contributed by atoms with E-state index in [1.807, 2.05) is 0 Å². The molecule has 13 heavy (non-hydrogen) atoms. The standard InChI is InChI=1S/C13H24/c1-2-4-6-8-10-12-13-11-9-7-5-3-1/h1-2H,3-13H2/b2-1-. The Kier molecular flexibility index (Phi) is 6.94. The summed E-state index contributed by atoms with van der Waals surface area (Å²) in [5, 5.41) is 0. The quantitative estimate of drug-likeness (QED) is 0.468. The van der Waals surface area contributed by atoms with E-state index in [9.17, 15) is 0 Å². The molecule has 0 aliphatic heterocycles. The summed E-state index contributed by atoms with van der Waals surface area (Å²) >= 11 is 0. The molecular weight excluding hydrogens is 156 g/mol. The van der Waals surface area contributed by atoms with Gasteiger partial charge in [0.1, 0.15) is 0 Å². The second-order valence-electron chi connectivity index (χ2n) is 4.23. The van der Waals surface area contributed by atoms with Crippen LogP contribution in [-0.4, -0.2) is 0 Å². The number of hydrogen-bond acceptors (Lipinski definition) is 0. The van der Waals surface area contributed by atoms with Crippen LogP contribution in [0.4, 0.5) is 0 Å². The van der Waals surface area contributed by atoms with Crippen LogP contribution in [0.15, 0.2) is 12.2 Å². The van der Waals surface area contributed by atoms with Crippen LogP contribution >= 0.6 is 0 Å². The fourth-order valence-electron chi connectivity index (χ4n) is 2.00. The summed E-state index contributed by atoms with van der Waals surface area (Å²) < 4.78 is 0. The summed E-state index contributed by atoms with van der Waals surface area (Å²) in [5.74, 6) is 0. The number of hydrogen-bond donors (Lipinski definition) is 0. The molecule has 0 aromatic heterocycles. The van der Waals surface area contributed by atoms with Crippen LogP contribution in [-0.2, 0) is 0 Å². The van der Waals surface area contributed by atoms with Crippen molar-refractivity contribution in [2.75, 3.05) is 0 Å². The Morgan fingerprint density at radius 2 is 0.692 bits per heavy atom. The predicted octanol–water partition coefficient (Wildman–Crippen LogP) is 4.85. The average molecular weight is 180 g/mol. The number of allylic oxidation sites excluding steroid dienone is 2. The SMILES string of the molecule is C1=C\CCCCCCCCCCC/1. The molecule has 0 bridgehead atoms. The van der Waals surface area contributed by atoms with Crippen molar-refractivity contribution in [1.82, 2.24) is 0 Å². The Hall–Kier alpha value is -0.260. The molecule has 0 amide bonds. The maximum absolute atomic E-state index is 2.39. The molecule has 0 heteroatoms. The van der Waals surface area contributed by atoms with Crippen molar-refractivity contribution in [2.24, 2.45) is 0 Å². The Morgan fingerprint density at radius 1 is 0.385 bits per heavy atom. The van der Waals surface area contributed by atoms with Gasteiger partial charge in [-0.05, 0) is 25.7 Å². The van der Waals surface area contributed by atoms with Gasteiger partial charge >= 0.3 is 0 Å². The van der Waals surface area contributed by atoms with E-state index in [0.29, 0.717) is 0 Å². The second kappa shape index (κ2) is 8.34. The summed E-state index contributed by atoms with van der Waals surface area (Å²) in [5.41, 5.74) is 0. The topological polar surface area (TPSA) is 0 Å². The lowest BCUT2D eigenvalue weighted by atomic mass is 10.1. The van der Waals surface area contributed by atoms with Crippen molar-refractivity contribution in [3.05, 3.63) is 12.2 Å². The van der Waals surface area contributed by atoms with E-state index in [2.05, 4.69) is 12.2 Å². The monoisotopic (exact) mass is 180 g/mol. The molecule has 0 unspecified atom stereocenters. The van der Waals surface area contributed by atoms with E-state index in [-0.39, 0.29) is 0 Å². The van der Waals surface area contributed by atoms with Crippen LogP contribution in [0.1, 0.15) is 70.6 Å². The normalized spacial score (nSPS) is 25.2. The first-order valence-corrected chi connectivity index (χ1v) is 6.15. The van der Waals surface area contributed by atoms with Gasteiger partial charge in [-0.3, -0.25) is 0 Å². The van der Waals surface area contributed by atoms with Gasteiger partial charge < -0.3 is 0 Å². The van der Waals surface area contributed by atoms with E-state index in [1.54, 1.807) is 0 Å². The zero-order chi connectivity index (χ0) is 9.19. The molecule has 0 atom stereocenters. The first-order chi connectivity index (χ1) is 6.50. The van der Waals surface area contributed by atoms with Gasteiger partial charge in [-0.25, -0.2) is 0 Å². The highest BCUT2D eigenvalue weighted by atomic mass is 14.0. The van der Waals surface area contributed by atoms with Gasteiger partial charge in [0.25, 0.3) is 0 Å². The molecule has 1 aliphatic rings. The molecule has 0 aromatic rings. The third-order valence-electron chi connectivity index (χ3n) is 2.91. The lowest BCUT2D eigenvalue weighted by Gasteiger charge is -1.99. The largest absolute Gasteiger partial charge is 0.0885 e. The molecule has 1 rings (SSSR count). The molecule has 0 fully saturated rings. The van der Waals surface area contributed by atoms with Gasteiger partial charge in [0.2, 0.25) is 0 Å². The molecule has 0 radical (unpaired) electrons. The van der Waals surface area contributed by atoms with Crippen molar-refractivity contribution >= 4 is 0 Å². The summed E-state index contributed by atoms with van der Waals surface area (Å²) in [4.78, 5) is 0. The maximum Gasteiger partial charge on any atom is -0.0351 e. The highest BCUT2D eigenvalue weighted by Crippen LogP contribution is 2.13. The van der Waals surface area contributed by atoms with E-state index in [4.69, 9.17) is 0 Å². The molecule has 0 saturated heterocycles. The molecule has 0 aromatic carbocycles. The van der Waals surface area contributed by atoms with Gasteiger partial charge in [0.15, 0.2) is 0 Å². The van der Waals surface area contributed by atoms with Gasteiger partial charge in [0.05, 0.1) is 0 Å². The van der Waals surface area contributed by atoms with E-state index in [1.165, 1.54) is 70.6 Å². The highest BCUT2D eigenvalue weighted by Gasteiger charge is 1.93. The Balaban J connectivity index is 2.09. The van der Waals surface area contributed by atoms with E-state index in [0.717, 1.165) is 0 Å². The minimum Gasteiger partial charge on any atom is -0.0885 e. The molecule has 76 valence electrons.